The highest BCUT2D eigenvalue weighted by molar-refractivity contribution is 7.32. The fraction of sp³-hybridized carbons (Fsp3) is 1.00. The average Bonchev–Trinajstić information content (AvgIpc) is 2.15. The molecular formula is C6H16ClNO6P+. The molecule has 0 fully saturated rings. The molecule has 0 heterocycles. The van der Waals surface area contributed by atoms with E-state index in [0.29, 0.717) is 0 Å². The summed E-state index contributed by atoms with van der Waals surface area (Å²) in [5, 5.41) is 25.0. The van der Waals surface area contributed by atoms with Crippen LogP contribution >= 0.6 is 19.9 Å². The predicted octanol–water partition coefficient (Wildman–Crippen LogP) is -1.10. The van der Waals surface area contributed by atoms with E-state index in [1.54, 1.807) is 0 Å². The number of alkyl halides is 1. The molecule has 0 bridgehead atoms. The Labute approximate surface area is 93.4 Å². The molecule has 9 heteroatoms. The second-order valence-corrected chi connectivity index (χ2v) is 4.02. The molecule has 0 saturated carbocycles. The van der Waals surface area contributed by atoms with E-state index in [1.807, 2.05) is 0 Å². The molecule has 0 aromatic rings. The standard InChI is InChI=1S/C4H11NO3.C2H4ClO3P/c5-4(1-6,2-7)3-8;1-2(3)6-7(4)5/h6-8H,1-3,5H2;2H,1H3/p+1. The number of halogens is 1. The maximum absolute atomic E-state index is 9.65. The first-order valence-corrected chi connectivity index (χ1v) is 5.46. The maximum Gasteiger partial charge on any atom is 0.696 e. The zero-order valence-electron chi connectivity index (χ0n) is 8.21. The Morgan fingerprint density at radius 3 is 1.73 bits per heavy atom. The first-order chi connectivity index (χ1) is 6.81. The third-order valence-corrected chi connectivity index (χ3v) is 1.89. The van der Waals surface area contributed by atoms with Gasteiger partial charge in [-0.2, -0.15) is 0 Å². The van der Waals surface area contributed by atoms with Crippen LogP contribution in [-0.4, -0.2) is 51.1 Å². The van der Waals surface area contributed by atoms with Gasteiger partial charge in [-0.25, -0.2) is 0 Å². The zero-order chi connectivity index (χ0) is 12.5. The summed E-state index contributed by atoms with van der Waals surface area (Å²) in [6, 6.07) is 0. The van der Waals surface area contributed by atoms with E-state index in [9.17, 15) is 4.57 Å². The van der Waals surface area contributed by atoms with Crippen LogP contribution in [0.4, 0.5) is 0 Å². The predicted molar refractivity (Wildman–Crippen MR) is 54.4 cm³/mol. The molecule has 2 unspecified atom stereocenters. The molecule has 7 nitrogen and oxygen atoms in total. The largest absolute Gasteiger partial charge is 0.696 e. The van der Waals surface area contributed by atoms with Gasteiger partial charge in [0.1, 0.15) is 0 Å². The SMILES string of the molecule is CC(Cl)O[P+](=O)O.NC(CO)(CO)CO. The zero-order valence-corrected chi connectivity index (χ0v) is 9.86. The van der Waals surface area contributed by atoms with Crippen molar-refractivity contribution in [1.29, 1.82) is 0 Å². The smallest absolute Gasteiger partial charge is 0.394 e. The summed E-state index contributed by atoms with van der Waals surface area (Å²) >= 11 is 5.11. The molecule has 0 aliphatic carbocycles. The van der Waals surface area contributed by atoms with Crippen LogP contribution in [0.5, 0.6) is 0 Å². The number of hydrogen-bond acceptors (Lipinski definition) is 6. The van der Waals surface area contributed by atoms with Gasteiger partial charge in [-0.3, -0.25) is 0 Å². The van der Waals surface area contributed by atoms with Gasteiger partial charge in [-0.1, -0.05) is 16.1 Å². The van der Waals surface area contributed by atoms with Crippen molar-refractivity contribution < 1.29 is 29.3 Å². The average molecular weight is 265 g/mol. The Balaban J connectivity index is 0. The molecule has 0 spiro atoms. The maximum atomic E-state index is 9.65. The van der Waals surface area contributed by atoms with Gasteiger partial charge < -0.3 is 21.1 Å². The van der Waals surface area contributed by atoms with Gasteiger partial charge in [0.2, 0.25) is 0 Å². The molecule has 0 rings (SSSR count). The van der Waals surface area contributed by atoms with E-state index >= 15 is 0 Å². The van der Waals surface area contributed by atoms with Gasteiger partial charge in [0.25, 0.3) is 0 Å². The Hall–Kier alpha value is 0.150. The number of rotatable bonds is 5. The van der Waals surface area contributed by atoms with Gasteiger partial charge in [0.15, 0.2) is 5.56 Å². The van der Waals surface area contributed by atoms with Crippen LogP contribution in [0, 0.1) is 0 Å². The Morgan fingerprint density at radius 2 is 1.73 bits per heavy atom. The van der Waals surface area contributed by atoms with E-state index in [0.717, 1.165) is 0 Å². The lowest BCUT2D eigenvalue weighted by molar-refractivity contribution is 0.0697. The van der Waals surface area contributed by atoms with Gasteiger partial charge in [0, 0.05) is 4.57 Å². The van der Waals surface area contributed by atoms with Gasteiger partial charge in [0.05, 0.1) is 25.4 Å². The van der Waals surface area contributed by atoms with Crippen LogP contribution in [0.1, 0.15) is 6.92 Å². The molecule has 0 saturated heterocycles. The van der Waals surface area contributed by atoms with E-state index in [4.69, 9.17) is 37.5 Å². The minimum Gasteiger partial charge on any atom is -0.394 e. The summed E-state index contributed by atoms with van der Waals surface area (Å²) in [4.78, 5) is 7.93. The highest BCUT2D eigenvalue weighted by atomic mass is 35.5. The Bertz CT molecular complexity index is 169. The number of hydrogen-bond donors (Lipinski definition) is 5. The van der Waals surface area contributed by atoms with Crippen LogP contribution in [0.25, 0.3) is 0 Å². The number of nitrogens with two attached hydrogens (primary N) is 1. The summed E-state index contributed by atoms with van der Waals surface area (Å²) in [6.45, 7) is 0.255. The van der Waals surface area contributed by atoms with Crippen molar-refractivity contribution in [1.82, 2.24) is 0 Å². The molecule has 0 aromatic heterocycles. The molecule has 15 heavy (non-hydrogen) atoms. The van der Waals surface area contributed by atoms with E-state index < -0.39 is 39.2 Å². The third-order valence-electron chi connectivity index (χ3n) is 1.18. The lowest BCUT2D eigenvalue weighted by Gasteiger charge is -2.20. The lowest BCUT2D eigenvalue weighted by Crippen LogP contribution is -2.50. The monoisotopic (exact) mass is 264 g/mol. The molecular weight excluding hydrogens is 248 g/mol. The van der Waals surface area contributed by atoms with Crippen molar-refractivity contribution in [2.24, 2.45) is 5.73 Å². The van der Waals surface area contributed by atoms with Crippen molar-refractivity contribution in [3.05, 3.63) is 0 Å². The van der Waals surface area contributed by atoms with Crippen LogP contribution in [0.2, 0.25) is 0 Å². The van der Waals surface area contributed by atoms with E-state index in [-0.39, 0.29) is 0 Å². The number of aliphatic hydroxyl groups is 3. The second-order valence-electron chi connectivity index (χ2n) is 2.72. The fourth-order valence-corrected chi connectivity index (χ4v) is 0.727. The van der Waals surface area contributed by atoms with E-state index in [2.05, 4.69) is 4.52 Å². The van der Waals surface area contributed by atoms with Crippen molar-refractivity contribution in [3.8, 4) is 0 Å². The quantitative estimate of drug-likeness (QED) is 0.314. The first-order valence-electron chi connectivity index (χ1n) is 3.89. The molecule has 0 radical (unpaired) electrons. The molecule has 2 atom stereocenters. The molecule has 0 aromatic carbocycles. The van der Waals surface area contributed by atoms with Gasteiger partial charge in [-0.05, 0) is 6.92 Å². The third kappa shape index (κ3) is 12.1. The Morgan fingerprint density at radius 1 is 1.40 bits per heavy atom. The summed E-state index contributed by atoms with van der Waals surface area (Å²) in [7, 11) is -2.52. The van der Waals surface area contributed by atoms with Crippen LogP contribution in [0.3, 0.4) is 0 Å². The molecule has 6 N–H and O–H groups in total. The highest BCUT2D eigenvalue weighted by Crippen LogP contribution is 2.18. The first kappa shape index (κ1) is 17.5. The topological polar surface area (TPSA) is 133 Å². The highest BCUT2D eigenvalue weighted by Gasteiger charge is 2.20. The molecule has 92 valence electrons. The van der Waals surface area contributed by atoms with Crippen LogP contribution < -0.4 is 5.73 Å². The summed E-state index contributed by atoms with van der Waals surface area (Å²) in [6.07, 6.45) is 0. The molecule has 0 amide bonds. The lowest BCUT2D eigenvalue weighted by atomic mass is 10.1. The van der Waals surface area contributed by atoms with Gasteiger partial charge in [-0.15, -0.1) is 4.89 Å². The minimum atomic E-state index is -2.52. The minimum absolute atomic E-state index is 0.403. The molecule has 0 aliphatic heterocycles. The normalized spacial score (nSPS) is 13.9. The van der Waals surface area contributed by atoms with E-state index in [1.165, 1.54) is 6.92 Å². The Kier molecular flexibility index (Phi) is 11.0. The number of aliphatic hydroxyl groups excluding tert-OH is 3. The summed E-state index contributed by atoms with van der Waals surface area (Å²) < 4.78 is 13.7. The van der Waals surface area contributed by atoms with Crippen molar-refractivity contribution in [2.75, 3.05) is 19.8 Å². The molecule has 0 aliphatic rings. The van der Waals surface area contributed by atoms with Gasteiger partial charge >= 0.3 is 8.25 Å². The summed E-state index contributed by atoms with van der Waals surface area (Å²) in [5.41, 5.74) is 3.25. The van der Waals surface area contributed by atoms with Crippen LogP contribution in [0.15, 0.2) is 0 Å². The van der Waals surface area contributed by atoms with Crippen LogP contribution in [-0.2, 0) is 9.09 Å². The second kappa shape index (κ2) is 9.38. The van der Waals surface area contributed by atoms with Crippen molar-refractivity contribution in [2.45, 2.75) is 18.0 Å². The fourth-order valence-electron chi connectivity index (χ4n) is 0.274. The van der Waals surface area contributed by atoms with Crippen molar-refractivity contribution >= 4 is 19.9 Å². The van der Waals surface area contributed by atoms with Crippen molar-refractivity contribution in [3.63, 3.8) is 0 Å². The summed E-state index contributed by atoms with van der Waals surface area (Å²) in [5.74, 6) is 0.